The van der Waals surface area contributed by atoms with Crippen molar-refractivity contribution in [2.45, 2.75) is 25.4 Å². The molecule has 2 amide bonds. The SMILES string of the molecule is O=C(O)CC(NC(=O)NCCCn1ccnn1)C(=O)O. The van der Waals surface area contributed by atoms with Gasteiger partial charge in [0.2, 0.25) is 0 Å². The van der Waals surface area contributed by atoms with E-state index in [2.05, 4.69) is 20.9 Å². The van der Waals surface area contributed by atoms with Crippen molar-refractivity contribution in [1.29, 1.82) is 0 Å². The molecule has 0 bridgehead atoms. The van der Waals surface area contributed by atoms with Crippen LogP contribution >= 0.6 is 0 Å². The van der Waals surface area contributed by atoms with Crippen LogP contribution in [0.3, 0.4) is 0 Å². The van der Waals surface area contributed by atoms with E-state index in [0.717, 1.165) is 0 Å². The fourth-order valence-corrected chi connectivity index (χ4v) is 1.38. The number of aliphatic carboxylic acids is 2. The zero-order chi connectivity index (χ0) is 15.0. The maximum absolute atomic E-state index is 11.4. The number of aromatic nitrogens is 3. The predicted molar refractivity (Wildman–Crippen MR) is 64.9 cm³/mol. The summed E-state index contributed by atoms with van der Waals surface area (Å²) in [5.41, 5.74) is 0. The fraction of sp³-hybridized carbons (Fsp3) is 0.500. The third-order valence-corrected chi connectivity index (χ3v) is 2.30. The highest BCUT2D eigenvalue weighted by molar-refractivity contribution is 5.86. The van der Waals surface area contributed by atoms with Gasteiger partial charge in [-0.25, -0.2) is 9.59 Å². The monoisotopic (exact) mass is 285 g/mol. The summed E-state index contributed by atoms with van der Waals surface area (Å²) in [5.74, 6) is -2.70. The van der Waals surface area contributed by atoms with Crippen LogP contribution in [-0.4, -0.2) is 55.8 Å². The summed E-state index contributed by atoms with van der Waals surface area (Å²) >= 11 is 0. The van der Waals surface area contributed by atoms with Gasteiger partial charge in [-0.1, -0.05) is 5.21 Å². The number of aryl methyl sites for hydroxylation is 1. The average Bonchev–Trinajstić information content (AvgIpc) is 2.86. The average molecular weight is 285 g/mol. The molecule has 1 atom stereocenters. The molecular weight excluding hydrogens is 270 g/mol. The molecular formula is C10H15N5O5. The van der Waals surface area contributed by atoms with E-state index in [1.165, 1.54) is 6.20 Å². The lowest BCUT2D eigenvalue weighted by atomic mass is 10.2. The van der Waals surface area contributed by atoms with E-state index in [1.807, 2.05) is 0 Å². The third-order valence-electron chi connectivity index (χ3n) is 2.30. The maximum Gasteiger partial charge on any atom is 0.326 e. The zero-order valence-electron chi connectivity index (χ0n) is 10.5. The summed E-state index contributed by atoms with van der Waals surface area (Å²) in [6, 6.07) is -2.18. The van der Waals surface area contributed by atoms with Gasteiger partial charge in [0, 0.05) is 19.3 Å². The molecule has 1 rings (SSSR count). The second-order valence-corrected chi connectivity index (χ2v) is 3.91. The molecule has 1 unspecified atom stereocenters. The van der Waals surface area contributed by atoms with Crippen LogP contribution in [0.2, 0.25) is 0 Å². The van der Waals surface area contributed by atoms with Gasteiger partial charge in [0.25, 0.3) is 0 Å². The van der Waals surface area contributed by atoms with E-state index >= 15 is 0 Å². The van der Waals surface area contributed by atoms with Crippen LogP contribution in [0.1, 0.15) is 12.8 Å². The van der Waals surface area contributed by atoms with Crippen LogP contribution in [0.5, 0.6) is 0 Å². The normalized spacial score (nSPS) is 11.6. The Labute approximate surface area is 113 Å². The molecule has 0 aliphatic heterocycles. The Hall–Kier alpha value is -2.65. The number of nitrogens with one attached hydrogen (secondary N) is 2. The van der Waals surface area contributed by atoms with Crippen LogP contribution in [0.15, 0.2) is 12.4 Å². The van der Waals surface area contributed by atoms with Crippen molar-refractivity contribution in [1.82, 2.24) is 25.6 Å². The molecule has 0 spiro atoms. The molecule has 0 saturated carbocycles. The van der Waals surface area contributed by atoms with Gasteiger partial charge in [-0.15, -0.1) is 5.10 Å². The number of rotatable bonds is 8. The molecule has 0 aliphatic carbocycles. The molecule has 0 aliphatic rings. The van der Waals surface area contributed by atoms with E-state index in [9.17, 15) is 14.4 Å². The summed E-state index contributed by atoms with van der Waals surface area (Å²) in [6.07, 6.45) is 3.10. The number of amides is 2. The molecule has 0 fully saturated rings. The van der Waals surface area contributed by atoms with Gasteiger partial charge in [-0.3, -0.25) is 9.48 Å². The first kappa shape index (κ1) is 15.4. The van der Waals surface area contributed by atoms with Gasteiger partial charge >= 0.3 is 18.0 Å². The summed E-state index contributed by atoms with van der Waals surface area (Å²) in [4.78, 5) is 32.6. The van der Waals surface area contributed by atoms with Crippen molar-refractivity contribution < 1.29 is 24.6 Å². The molecule has 0 radical (unpaired) electrons. The largest absolute Gasteiger partial charge is 0.481 e. The Morgan fingerprint density at radius 1 is 1.30 bits per heavy atom. The molecule has 20 heavy (non-hydrogen) atoms. The summed E-state index contributed by atoms with van der Waals surface area (Å²) in [5, 5.41) is 29.1. The van der Waals surface area contributed by atoms with Crippen LogP contribution in [-0.2, 0) is 16.1 Å². The lowest BCUT2D eigenvalue weighted by Crippen LogP contribution is -2.47. The van der Waals surface area contributed by atoms with Crippen molar-refractivity contribution in [3.63, 3.8) is 0 Å². The second-order valence-electron chi connectivity index (χ2n) is 3.91. The standard InChI is InChI=1S/C10H15N5O5/c16-8(17)6-7(9(18)19)13-10(20)11-2-1-4-15-5-3-12-14-15/h3,5,7H,1-2,4,6H2,(H,16,17)(H,18,19)(H2,11,13,20). The predicted octanol–water partition coefficient (Wildman–Crippen LogP) is -1.10. The van der Waals surface area contributed by atoms with Crippen LogP contribution < -0.4 is 10.6 Å². The van der Waals surface area contributed by atoms with E-state index in [-0.39, 0.29) is 0 Å². The Kier molecular flexibility index (Phi) is 5.94. The van der Waals surface area contributed by atoms with Crippen molar-refractivity contribution >= 4 is 18.0 Å². The van der Waals surface area contributed by atoms with Crippen molar-refractivity contribution in [3.8, 4) is 0 Å². The fourth-order valence-electron chi connectivity index (χ4n) is 1.38. The molecule has 10 nitrogen and oxygen atoms in total. The van der Waals surface area contributed by atoms with Crippen molar-refractivity contribution in [2.75, 3.05) is 6.54 Å². The zero-order valence-corrected chi connectivity index (χ0v) is 10.5. The number of carboxylic acids is 2. The highest BCUT2D eigenvalue weighted by Gasteiger charge is 2.22. The van der Waals surface area contributed by atoms with E-state index in [1.54, 1.807) is 10.9 Å². The lowest BCUT2D eigenvalue weighted by molar-refractivity contribution is -0.145. The quantitative estimate of drug-likeness (QED) is 0.443. The van der Waals surface area contributed by atoms with E-state index < -0.39 is 30.4 Å². The first-order valence-electron chi connectivity index (χ1n) is 5.82. The van der Waals surface area contributed by atoms with Gasteiger partial charge in [-0.05, 0) is 6.42 Å². The van der Waals surface area contributed by atoms with Crippen LogP contribution in [0.25, 0.3) is 0 Å². The van der Waals surface area contributed by atoms with Crippen LogP contribution in [0.4, 0.5) is 4.79 Å². The smallest absolute Gasteiger partial charge is 0.326 e. The number of urea groups is 1. The number of nitrogens with zero attached hydrogens (tertiary/aromatic N) is 3. The summed E-state index contributed by atoms with van der Waals surface area (Å²) in [6.45, 7) is 0.850. The number of hydrogen-bond acceptors (Lipinski definition) is 5. The highest BCUT2D eigenvalue weighted by atomic mass is 16.4. The lowest BCUT2D eigenvalue weighted by Gasteiger charge is -2.13. The van der Waals surface area contributed by atoms with Gasteiger partial charge in [-0.2, -0.15) is 0 Å². The molecule has 1 aromatic rings. The van der Waals surface area contributed by atoms with Crippen molar-refractivity contribution in [3.05, 3.63) is 12.4 Å². The Morgan fingerprint density at radius 2 is 2.05 bits per heavy atom. The summed E-state index contributed by atoms with van der Waals surface area (Å²) < 4.78 is 1.59. The van der Waals surface area contributed by atoms with E-state index in [0.29, 0.717) is 19.5 Å². The highest BCUT2D eigenvalue weighted by Crippen LogP contribution is 1.93. The minimum Gasteiger partial charge on any atom is -0.481 e. The molecule has 0 aromatic carbocycles. The molecule has 1 aromatic heterocycles. The maximum atomic E-state index is 11.4. The van der Waals surface area contributed by atoms with Gasteiger partial charge in [0.1, 0.15) is 6.04 Å². The van der Waals surface area contributed by atoms with Gasteiger partial charge in [0.05, 0.1) is 12.6 Å². The number of carbonyl (C=O) groups excluding carboxylic acids is 1. The molecule has 4 N–H and O–H groups in total. The van der Waals surface area contributed by atoms with Crippen molar-refractivity contribution in [2.24, 2.45) is 0 Å². The topological polar surface area (TPSA) is 146 Å². The van der Waals surface area contributed by atoms with Crippen LogP contribution in [0, 0.1) is 0 Å². The minimum absolute atomic E-state index is 0.297. The number of hydrogen-bond donors (Lipinski definition) is 4. The van der Waals surface area contributed by atoms with Gasteiger partial charge in [0.15, 0.2) is 0 Å². The first-order valence-corrected chi connectivity index (χ1v) is 5.82. The number of carbonyl (C=O) groups is 3. The second kappa shape index (κ2) is 7.71. The Morgan fingerprint density at radius 3 is 2.60 bits per heavy atom. The first-order chi connectivity index (χ1) is 9.49. The molecule has 10 heteroatoms. The molecule has 1 heterocycles. The number of carboxylic acid groups (broad SMARTS) is 2. The van der Waals surface area contributed by atoms with E-state index in [4.69, 9.17) is 10.2 Å². The Balaban J connectivity index is 2.24. The molecule has 110 valence electrons. The minimum atomic E-state index is -1.46. The third kappa shape index (κ3) is 5.80. The molecule has 0 saturated heterocycles. The summed E-state index contributed by atoms with van der Waals surface area (Å²) in [7, 11) is 0. The Bertz CT molecular complexity index is 461. The van der Waals surface area contributed by atoms with Gasteiger partial charge < -0.3 is 20.8 Å².